The molecular weight excluding hydrogens is 624 g/mol. The van der Waals surface area contributed by atoms with E-state index in [1.807, 2.05) is 25.1 Å². The third kappa shape index (κ3) is 6.18. The van der Waals surface area contributed by atoms with E-state index in [9.17, 15) is 24.3 Å². The summed E-state index contributed by atoms with van der Waals surface area (Å²) in [6.07, 6.45) is 0.0126. The lowest BCUT2D eigenvalue weighted by Crippen LogP contribution is -2.30. The summed E-state index contributed by atoms with van der Waals surface area (Å²) in [5.74, 6) is -0.839. The maximum atomic E-state index is 14.2. The van der Waals surface area contributed by atoms with Crippen LogP contribution in [0.1, 0.15) is 18.4 Å². The molecule has 1 aliphatic heterocycles. The Bertz CT molecular complexity index is 2160. The summed E-state index contributed by atoms with van der Waals surface area (Å²) in [7, 11) is 5.21. The molecule has 5 aromatic rings. The summed E-state index contributed by atoms with van der Waals surface area (Å²) in [6.45, 7) is 0.467. The summed E-state index contributed by atoms with van der Waals surface area (Å²) < 4.78 is 23.9. The number of likely N-dealkylation sites (N-methyl/N-ethyl adjacent to an activating group) is 1. The number of carboxylic acids is 1. The molecule has 1 amide bonds. The molecule has 0 bridgehead atoms. The Kier molecular flexibility index (Phi) is 8.84. The number of amides is 1. The smallest absolute Gasteiger partial charge is 0.419 e. The number of benzene rings is 3. The van der Waals surface area contributed by atoms with Gasteiger partial charge in [0.05, 0.1) is 41.6 Å². The van der Waals surface area contributed by atoms with Crippen molar-refractivity contribution in [2.45, 2.75) is 26.0 Å². The van der Waals surface area contributed by atoms with Gasteiger partial charge in [0.15, 0.2) is 17.2 Å². The van der Waals surface area contributed by atoms with E-state index < -0.39 is 31.1 Å². The van der Waals surface area contributed by atoms with Crippen molar-refractivity contribution in [2.75, 3.05) is 39.4 Å². The van der Waals surface area contributed by atoms with E-state index in [0.717, 1.165) is 4.90 Å². The number of esters is 1. The zero-order chi connectivity index (χ0) is 34.1. The third-order valence-electron chi connectivity index (χ3n) is 7.98. The molecule has 0 fully saturated rings. The van der Waals surface area contributed by atoms with Gasteiger partial charge >= 0.3 is 18.0 Å². The zero-order valence-corrected chi connectivity index (χ0v) is 26.4. The van der Waals surface area contributed by atoms with Crippen molar-refractivity contribution in [3.8, 4) is 23.0 Å². The van der Waals surface area contributed by atoms with Crippen molar-refractivity contribution in [3.63, 3.8) is 0 Å². The van der Waals surface area contributed by atoms with Gasteiger partial charge in [0.2, 0.25) is 6.79 Å². The molecule has 0 spiro atoms. The van der Waals surface area contributed by atoms with Crippen molar-refractivity contribution >= 4 is 56.3 Å². The van der Waals surface area contributed by atoms with E-state index in [2.05, 4.69) is 4.98 Å². The van der Waals surface area contributed by atoms with Gasteiger partial charge in [-0.3, -0.25) is 24.3 Å². The van der Waals surface area contributed by atoms with Crippen LogP contribution in [0.2, 0.25) is 0 Å². The highest BCUT2D eigenvalue weighted by atomic mass is 16.7. The number of anilines is 1. The number of aliphatic carboxylic acids is 1. The number of para-hydroxylation sites is 2. The monoisotopic (exact) mass is 656 g/mol. The number of hydrogen-bond acceptors (Lipinski definition) is 11. The van der Waals surface area contributed by atoms with Crippen molar-refractivity contribution in [3.05, 3.63) is 70.6 Å². The molecule has 14 heteroatoms. The Morgan fingerprint density at radius 3 is 2.40 bits per heavy atom. The first-order valence-electron chi connectivity index (χ1n) is 15.0. The van der Waals surface area contributed by atoms with Crippen LogP contribution in [0.25, 0.3) is 32.6 Å². The van der Waals surface area contributed by atoms with E-state index in [1.54, 1.807) is 35.0 Å². The summed E-state index contributed by atoms with van der Waals surface area (Å²) in [5.41, 5.74) is 1.34. The molecule has 2 aromatic heterocycles. The van der Waals surface area contributed by atoms with Gasteiger partial charge in [-0.05, 0) is 49.8 Å². The maximum absolute atomic E-state index is 14.2. The predicted octanol–water partition coefficient (Wildman–Crippen LogP) is 3.89. The number of fused-ring (bicyclic) bond motifs is 6. The minimum absolute atomic E-state index is 0.0193. The van der Waals surface area contributed by atoms with Crippen LogP contribution < -0.4 is 29.4 Å². The fraction of sp³-hybridized carbons (Fsp3) is 0.265. The van der Waals surface area contributed by atoms with Gasteiger partial charge < -0.3 is 38.6 Å². The normalized spacial score (nSPS) is 12.2. The summed E-state index contributed by atoms with van der Waals surface area (Å²) >= 11 is 0. The highest BCUT2D eigenvalue weighted by Gasteiger charge is 2.24. The Morgan fingerprint density at radius 1 is 0.917 bits per heavy atom. The third-order valence-corrected chi connectivity index (χ3v) is 7.98. The van der Waals surface area contributed by atoms with Gasteiger partial charge in [-0.2, -0.15) is 0 Å². The Morgan fingerprint density at radius 2 is 1.67 bits per heavy atom. The molecule has 0 atom stereocenters. The first-order valence-corrected chi connectivity index (χ1v) is 15.0. The number of rotatable bonds is 10. The molecule has 0 aliphatic carbocycles. The van der Waals surface area contributed by atoms with Crippen molar-refractivity contribution in [1.82, 2.24) is 14.5 Å². The average molecular weight is 657 g/mol. The van der Waals surface area contributed by atoms with Crippen LogP contribution in [0, 0.1) is 0 Å². The number of hydrogen-bond donors (Lipinski definition) is 2. The highest BCUT2D eigenvalue weighted by molar-refractivity contribution is 6.15. The quantitative estimate of drug-likeness (QED) is 0.127. The predicted molar refractivity (Wildman–Crippen MR) is 175 cm³/mol. The number of aromatic nitrogens is 2. The highest BCUT2D eigenvalue weighted by Crippen LogP contribution is 2.39. The second-order valence-electron chi connectivity index (χ2n) is 11.4. The van der Waals surface area contributed by atoms with Gasteiger partial charge in [-0.25, -0.2) is 4.79 Å². The van der Waals surface area contributed by atoms with Crippen LogP contribution in [0.3, 0.4) is 0 Å². The number of pyridine rings is 2. The SMILES string of the molecule is CN(C)CCn1c(=O)c2cc(OC(=O)N(C)c3ccccc3OC(=O)CCC(=O)O)c(CO)cc2c2cnc3cc4c(cc3c21)OCO4. The molecule has 248 valence electrons. The van der Waals surface area contributed by atoms with Crippen molar-refractivity contribution in [1.29, 1.82) is 0 Å². The summed E-state index contributed by atoms with van der Waals surface area (Å²) in [4.78, 5) is 58.5. The van der Waals surface area contributed by atoms with Gasteiger partial charge in [0.1, 0.15) is 5.75 Å². The number of carbonyl (C=O) groups is 3. The average Bonchev–Trinajstić information content (AvgIpc) is 3.53. The molecule has 0 radical (unpaired) electrons. The molecule has 14 nitrogen and oxygen atoms in total. The second kappa shape index (κ2) is 13.2. The molecule has 0 saturated carbocycles. The van der Waals surface area contributed by atoms with Crippen LogP contribution in [0.5, 0.6) is 23.0 Å². The fourth-order valence-corrected chi connectivity index (χ4v) is 5.52. The van der Waals surface area contributed by atoms with Crippen LogP contribution >= 0.6 is 0 Å². The second-order valence-corrected chi connectivity index (χ2v) is 11.4. The van der Waals surface area contributed by atoms with E-state index in [4.69, 9.17) is 24.1 Å². The molecule has 48 heavy (non-hydrogen) atoms. The maximum Gasteiger partial charge on any atom is 0.419 e. The topological polar surface area (TPSA) is 170 Å². The molecule has 2 N–H and O–H groups in total. The van der Waals surface area contributed by atoms with Crippen LogP contribution in [-0.2, 0) is 22.7 Å². The van der Waals surface area contributed by atoms with Gasteiger partial charge in [0, 0.05) is 48.7 Å². The Hall–Kier alpha value is -5.73. The molecule has 3 heterocycles. The van der Waals surface area contributed by atoms with E-state index in [0.29, 0.717) is 51.8 Å². The number of aliphatic hydroxyl groups is 1. The standard InChI is InChI=1S/C34H32N4O10/c1-36(2)10-11-38-32-22-14-28-29(46-18-45-28)15-24(22)35-16-23(32)20-12-19(17-39)27(13-21(20)33(38)43)48-34(44)37(3)25-6-4-5-7-26(25)47-31(42)9-8-30(40)41/h4-7,12-16,39H,8-11,17-18H2,1-3H3,(H,40,41). The molecule has 0 saturated heterocycles. The molecule has 0 unspecified atom stereocenters. The van der Waals surface area contributed by atoms with Gasteiger partial charge in [-0.15, -0.1) is 0 Å². The lowest BCUT2D eigenvalue weighted by molar-refractivity contribution is -0.142. The lowest BCUT2D eigenvalue weighted by atomic mass is 10.0. The Labute approximate surface area is 273 Å². The number of ether oxygens (including phenoxy) is 4. The van der Waals surface area contributed by atoms with Crippen LogP contribution in [0.15, 0.2) is 59.5 Å². The van der Waals surface area contributed by atoms with Crippen molar-refractivity contribution < 1.29 is 43.5 Å². The number of aliphatic hydroxyl groups excluding tert-OH is 1. The van der Waals surface area contributed by atoms with Crippen LogP contribution in [0.4, 0.5) is 10.5 Å². The fourth-order valence-electron chi connectivity index (χ4n) is 5.52. The molecule has 1 aliphatic rings. The van der Waals surface area contributed by atoms with E-state index in [-0.39, 0.29) is 46.9 Å². The van der Waals surface area contributed by atoms with Gasteiger partial charge in [0.25, 0.3) is 5.56 Å². The first kappa shape index (κ1) is 32.2. The van der Waals surface area contributed by atoms with E-state index >= 15 is 0 Å². The molecule has 6 rings (SSSR count). The zero-order valence-electron chi connectivity index (χ0n) is 26.4. The van der Waals surface area contributed by atoms with E-state index in [1.165, 1.54) is 25.2 Å². The molecular formula is C34H32N4O10. The molecule has 3 aromatic carbocycles. The summed E-state index contributed by atoms with van der Waals surface area (Å²) in [6, 6.07) is 12.8. The number of carboxylic acid groups (broad SMARTS) is 1. The Balaban J connectivity index is 1.42. The first-order chi connectivity index (χ1) is 23.0. The number of nitrogens with zero attached hydrogens (tertiary/aromatic N) is 4. The van der Waals surface area contributed by atoms with Gasteiger partial charge in [-0.1, -0.05) is 12.1 Å². The van der Waals surface area contributed by atoms with Crippen molar-refractivity contribution in [2.24, 2.45) is 0 Å². The van der Waals surface area contributed by atoms with Crippen LogP contribution in [-0.4, -0.2) is 77.2 Å². The minimum atomic E-state index is -1.15. The lowest BCUT2D eigenvalue weighted by Gasteiger charge is -2.21. The largest absolute Gasteiger partial charge is 0.481 e. The number of carbonyl (C=O) groups excluding carboxylic acids is 2. The minimum Gasteiger partial charge on any atom is -0.481 e. The summed E-state index contributed by atoms with van der Waals surface area (Å²) in [5, 5.41) is 21.3.